The molecular formula is C20H20ClFN6O. The normalized spacial score (nSPS) is 12.6. The third kappa shape index (κ3) is 3.75. The summed E-state index contributed by atoms with van der Waals surface area (Å²) < 4.78 is 20.6. The zero-order valence-electron chi connectivity index (χ0n) is 15.9. The van der Waals surface area contributed by atoms with E-state index in [1.807, 2.05) is 19.9 Å². The fraction of sp³-hybridized carbons (Fsp3) is 0.250. The van der Waals surface area contributed by atoms with Gasteiger partial charge in [0.15, 0.2) is 11.5 Å². The second-order valence-corrected chi connectivity index (χ2v) is 7.24. The predicted molar refractivity (Wildman–Crippen MR) is 110 cm³/mol. The molecule has 0 amide bonds. The number of ether oxygens (including phenoxy) is 1. The van der Waals surface area contributed by atoms with Crippen LogP contribution in [0.5, 0.6) is 5.88 Å². The molecule has 150 valence electrons. The fourth-order valence-electron chi connectivity index (χ4n) is 3.19. The second kappa shape index (κ2) is 7.71. The van der Waals surface area contributed by atoms with Gasteiger partial charge in [0.2, 0.25) is 5.88 Å². The Balaban J connectivity index is 1.73. The number of aromatic nitrogens is 5. The number of H-pyrrole nitrogens is 1. The zero-order valence-corrected chi connectivity index (χ0v) is 16.7. The van der Waals surface area contributed by atoms with Crippen LogP contribution in [0.25, 0.3) is 17.0 Å². The van der Waals surface area contributed by atoms with Gasteiger partial charge in [0.25, 0.3) is 0 Å². The largest absolute Gasteiger partial charge is 0.475 e. The molecule has 0 fully saturated rings. The van der Waals surface area contributed by atoms with Gasteiger partial charge < -0.3 is 10.5 Å². The predicted octanol–water partition coefficient (Wildman–Crippen LogP) is 4.02. The average Bonchev–Trinajstić information content (AvgIpc) is 3.30. The fourth-order valence-corrected chi connectivity index (χ4v) is 3.54. The van der Waals surface area contributed by atoms with Gasteiger partial charge in [0.1, 0.15) is 23.5 Å². The first-order valence-corrected chi connectivity index (χ1v) is 9.67. The smallest absolute Gasteiger partial charge is 0.211 e. The Labute approximate surface area is 171 Å². The monoisotopic (exact) mass is 414 g/mol. The van der Waals surface area contributed by atoms with Crippen LogP contribution in [0.3, 0.4) is 0 Å². The number of fused-ring (bicyclic) bond motifs is 1. The number of aromatic amines is 1. The van der Waals surface area contributed by atoms with Crippen LogP contribution >= 0.6 is 11.6 Å². The molecule has 0 aliphatic carbocycles. The number of alkyl halides is 1. The molecule has 0 aliphatic rings. The van der Waals surface area contributed by atoms with Gasteiger partial charge in [-0.1, -0.05) is 12.1 Å². The van der Waals surface area contributed by atoms with Crippen molar-refractivity contribution in [2.24, 2.45) is 0 Å². The summed E-state index contributed by atoms with van der Waals surface area (Å²) in [5, 5.41) is 7.10. The lowest BCUT2D eigenvalue weighted by molar-refractivity contribution is 0.232. The summed E-state index contributed by atoms with van der Waals surface area (Å²) in [5.41, 5.74) is 9.10. The van der Waals surface area contributed by atoms with Gasteiger partial charge in [0.05, 0.1) is 6.10 Å². The van der Waals surface area contributed by atoms with Crippen LogP contribution in [-0.2, 0) is 0 Å². The molecule has 9 heteroatoms. The number of nitrogen functional groups attached to an aromatic ring is 1. The van der Waals surface area contributed by atoms with E-state index in [2.05, 4.69) is 20.2 Å². The molecular weight excluding hydrogens is 395 g/mol. The van der Waals surface area contributed by atoms with Gasteiger partial charge in [-0.3, -0.25) is 4.57 Å². The first kappa shape index (κ1) is 19.2. The van der Waals surface area contributed by atoms with E-state index in [1.54, 1.807) is 29.1 Å². The summed E-state index contributed by atoms with van der Waals surface area (Å²) in [6.45, 7) is 3.87. The van der Waals surface area contributed by atoms with E-state index in [9.17, 15) is 4.39 Å². The summed E-state index contributed by atoms with van der Waals surface area (Å²) in [7, 11) is 0. The van der Waals surface area contributed by atoms with Crippen molar-refractivity contribution in [3.8, 4) is 11.7 Å². The lowest BCUT2D eigenvalue weighted by Crippen LogP contribution is -2.09. The Morgan fingerprint density at radius 2 is 2.00 bits per heavy atom. The molecule has 0 radical (unpaired) electrons. The van der Waals surface area contributed by atoms with Crippen LogP contribution in [0.4, 0.5) is 10.2 Å². The van der Waals surface area contributed by atoms with Crippen LogP contribution in [0.1, 0.15) is 30.9 Å². The van der Waals surface area contributed by atoms with Crippen molar-refractivity contribution >= 4 is 28.6 Å². The molecule has 4 aromatic rings. The van der Waals surface area contributed by atoms with E-state index in [-0.39, 0.29) is 23.7 Å². The molecule has 0 unspecified atom stereocenters. The number of anilines is 1. The Morgan fingerprint density at radius 1 is 1.24 bits per heavy atom. The first-order chi connectivity index (χ1) is 14.0. The van der Waals surface area contributed by atoms with E-state index in [0.717, 1.165) is 11.1 Å². The third-order valence-corrected chi connectivity index (χ3v) is 4.84. The topological polar surface area (TPSA) is 94.6 Å². The van der Waals surface area contributed by atoms with Crippen LogP contribution in [-0.4, -0.2) is 36.7 Å². The molecule has 4 rings (SSSR count). The minimum Gasteiger partial charge on any atom is -0.475 e. The number of halogens is 2. The number of nitrogens with zero attached hydrogens (tertiary/aromatic N) is 4. The van der Waals surface area contributed by atoms with Gasteiger partial charge in [-0.2, -0.15) is 5.10 Å². The van der Waals surface area contributed by atoms with Crippen molar-refractivity contribution in [1.29, 1.82) is 0 Å². The van der Waals surface area contributed by atoms with Gasteiger partial charge in [-0.15, -0.1) is 11.6 Å². The number of rotatable bonds is 6. The number of imidazole rings is 1. The highest BCUT2D eigenvalue weighted by Crippen LogP contribution is 2.32. The summed E-state index contributed by atoms with van der Waals surface area (Å²) in [5.74, 6) is 1.23. The Bertz CT molecular complexity index is 1140. The molecule has 29 heavy (non-hydrogen) atoms. The molecule has 0 spiro atoms. The maximum absolute atomic E-state index is 13.3. The average molecular weight is 415 g/mol. The van der Waals surface area contributed by atoms with Crippen molar-refractivity contribution in [3.05, 3.63) is 59.7 Å². The molecule has 0 bridgehead atoms. The molecule has 0 saturated heterocycles. The second-order valence-electron chi connectivity index (χ2n) is 6.94. The maximum Gasteiger partial charge on any atom is 0.211 e. The van der Waals surface area contributed by atoms with Gasteiger partial charge in [0, 0.05) is 23.4 Å². The Hall–Kier alpha value is -3.13. The van der Waals surface area contributed by atoms with Crippen LogP contribution < -0.4 is 10.5 Å². The molecule has 0 aliphatic heterocycles. The lowest BCUT2D eigenvalue weighted by Gasteiger charge is -2.16. The SMILES string of the molecule is CC(C)Oc1cc(-n2cnc3cc([C@@H](CCl)c4ccc(F)cc4)c(N)nc32)n[nH]1. The minimum absolute atomic E-state index is 0.0260. The van der Waals surface area contributed by atoms with E-state index in [0.29, 0.717) is 28.7 Å². The molecule has 3 aromatic heterocycles. The summed E-state index contributed by atoms with van der Waals surface area (Å²) >= 11 is 6.21. The number of hydrogen-bond acceptors (Lipinski definition) is 5. The Kier molecular flexibility index (Phi) is 5.10. The summed E-state index contributed by atoms with van der Waals surface area (Å²) in [6.07, 6.45) is 1.65. The summed E-state index contributed by atoms with van der Waals surface area (Å²) in [4.78, 5) is 8.98. The maximum atomic E-state index is 13.3. The highest BCUT2D eigenvalue weighted by atomic mass is 35.5. The molecule has 1 aromatic carbocycles. The molecule has 1 atom stereocenters. The van der Waals surface area contributed by atoms with Crippen molar-refractivity contribution in [2.75, 3.05) is 11.6 Å². The number of nitrogens with two attached hydrogens (primary N) is 1. The van der Waals surface area contributed by atoms with Gasteiger partial charge >= 0.3 is 0 Å². The minimum atomic E-state index is -0.304. The van der Waals surface area contributed by atoms with Gasteiger partial charge in [-0.25, -0.2) is 19.5 Å². The van der Waals surface area contributed by atoms with Crippen LogP contribution in [0.2, 0.25) is 0 Å². The Morgan fingerprint density at radius 3 is 2.69 bits per heavy atom. The van der Waals surface area contributed by atoms with Crippen molar-refractivity contribution in [3.63, 3.8) is 0 Å². The zero-order chi connectivity index (χ0) is 20.5. The highest BCUT2D eigenvalue weighted by Gasteiger charge is 2.20. The number of pyridine rings is 1. The number of nitrogens with one attached hydrogen (secondary N) is 1. The molecule has 7 nitrogen and oxygen atoms in total. The van der Waals surface area contributed by atoms with Crippen LogP contribution in [0, 0.1) is 5.82 Å². The molecule has 3 N–H and O–H groups in total. The van der Waals surface area contributed by atoms with E-state index in [4.69, 9.17) is 22.1 Å². The highest BCUT2D eigenvalue weighted by molar-refractivity contribution is 6.18. The molecule has 3 heterocycles. The van der Waals surface area contributed by atoms with Gasteiger partial charge in [-0.05, 0) is 37.6 Å². The van der Waals surface area contributed by atoms with E-state index in [1.165, 1.54) is 12.1 Å². The molecule has 0 saturated carbocycles. The standard InChI is InChI=1S/C20H20ClFN6O/c1-11(2)29-18-8-17(26-27-18)28-10-24-16-7-14(19(23)25-20(16)28)15(9-21)12-3-5-13(22)6-4-12/h3-8,10-11,15H,9H2,1-2H3,(H2,23,25)(H,26,27)/t15-/m0/s1. The van der Waals surface area contributed by atoms with Crippen molar-refractivity contribution in [2.45, 2.75) is 25.9 Å². The van der Waals surface area contributed by atoms with Crippen LogP contribution in [0.15, 0.2) is 42.7 Å². The summed E-state index contributed by atoms with van der Waals surface area (Å²) in [6, 6.07) is 9.84. The quantitative estimate of drug-likeness (QED) is 0.464. The first-order valence-electron chi connectivity index (χ1n) is 9.13. The lowest BCUT2D eigenvalue weighted by atomic mass is 9.93. The number of benzene rings is 1. The third-order valence-electron chi connectivity index (χ3n) is 4.54. The van der Waals surface area contributed by atoms with Crippen molar-refractivity contribution < 1.29 is 9.13 Å². The van der Waals surface area contributed by atoms with Crippen molar-refractivity contribution in [1.82, 2.24) is 24.7 Å². The number of hydrogen-bond donors (Lipinski definition) is 2. The van der Waals surface area contributed by atoms with E-state index >= 15 is 0 Å². The van der Waals surface area contributed by atoms with E-state index < -0.39 is 0 Å².